The summed E-state index contributed by atoms with van der Waals surface area (Å²) in [7, 11) is 0. The molecule has 2 N–H and O–H groups in total. The highest BCUT2D eigenvalue weighted by atomic mass is 35.5. The van der Waals surface area contributed by atoms with E-state index in [4.69, 9.17) is 17.3 Å². The van der Waals surface area contributed by atoms with Gasteiger partial charge in [0.25, 0.3) is 0 Å². The molecule has 0 atom stereocenters. The number of alkyl halides is 4. The maximum absolute atomic E-state index is 12.7. The number of nitrogens with two attached hydrogens (primary N) is 1. The van der Waals surface area contributed by atoms with Gasteiger partial charge in [0.15, 0.2) is 0 Å². The highest BCUT2D eigenvalue weighted by Gasteiger charge is 2.34. The Morgan fingerprint density at radius 2 is 2.12 bits per heavy atom. The molecule has 0 saturated carbocycles. The molecule has 90 valence electrons. The molecule has 0 aliphatic carbocycles. The molecule has 0 aromatic carbocycles. The molecule has 1 heterocycles. The first-order valence-electron chi connectivity index (χ1n) is 4.36. The number of pyridine rings is 1. The summed E-state index contributed by atoms with van der Waals surface area (Å²) in [5.74, 6) is 0. The summed E-state index contributed by atoms with van der Waals surface area (Å²) in [5.41, 5.74) is 4.91. The SMILES string of the molecule is Cc1cc(C(F)(F)F)c(CN)c(SCCl)n1. The molecule has 0 aliphatic heterocycles. The van der Waals surface area contributed by atoms with E-state index < -0.39 is 11.7 Å². The van der Waals surface area contributed by atoms with E-state index in [9.17, 15) is 13.2 Å². The van der Waals surface area contributed by atoms with Crippen LogP contribution in [0.3, 0.4) is 0 Å². The smallest absolute Gasteiger partial charge is 0.326 e. The molecule has 1 aromatic heterocycles. The van der Waals surface area contributed by atoms with Crippen LogP contribution in [-0.2, 0) is 12.7 Å². The molecular weight excluding hydrogens is 261 g/mol. The highest BCUT2D eigenvalue weighted by molar-refractivity contribution is 8.00. The Morgan fingerprint density at radius 3 is 2.56 bits per heavy atom. The third-order valence-electron chi connectivity index (χ3n) is 1.92. The van der Waals surface area contributed by atoms with E-state index >= 15 is 0 Å². The fraction of sp³-hybridized carbons (Fsp3) is 0.444. The summed E-state index contributed by atoms with van der Waals surface area (Å²) in [6.07, 6.45) is -4.41. The van der Waals surface area contributed by atoms with E-state index in [0.29, 0.717) is 5.69 Å². The van der Waals surface area contributed by atoms with E-state index in [2.05, 4.69) is 4.98 Å². The van der Waals surface area contributed by atoms with Gasteiger partial charge in [-0.2, -0.15) is 13.2 Å². The first-order chi connectivity index (χ1) is 7.40. The molecule has 0 spiro atoms. The minimum atomic E-state index is -4.41. The van der Waals surface area contributed by atoms with Crippen molar-refractivity contribution in [3.05, 3.63) is 22.9 Å². The monoisotopic (exact) mass is 270 g/mol. The maximum atomic E-state index is 12.7. The number of aryl methyl sites for hydroxylation is 1. The van der Waals surface area contributed by atoms with E-state index in [0.717, 1.165) is 17.8 Å². The standard InChI is InChI=1S/C9H10ClF3N2S/c1-5-2-7(9(11,12)13)6(3-14)8(15-5)16-4-10/h2H,3-4,14H2,1H3. The van der Waals surface area contributed by atoms with Crippen molar-refractivity contribution in [2.45, 2.75) is 24.7 Å². The minimum Gasteiger partial charge on any atom is -0.326 e. The van der Waals surface area contributed by atoms with Crippen molar-refractivity contribution in [2.24, 2.45) is 5.73 Å². The summed E-state index contributed by atoms with van der Waals surface area (Å²) in [4.78, 5) is 4.01. The van der Waals surface area contributed by atoms with Gasteiger partial charge in [0.2, 0.25) is 0 Å². The lowest BCUT2D eigenvalue weighted by Gasteiger charge is -2.15. The van der Waals surface area contributed by atoms with Gasteiger partial charge in [0, 0.05) is 17.8 Å². The van der Waals surface area contributed by atoms with Gasteiger partial charge in [-0.1, -0.05) is 11.8 Å². The van der Waals surface area contributed by atoms with Gasteiger partial charge in [-0.25, -0.2) is 4.98 Å². The number of thioether (sulfide) groups is 1. The van der Waals surface area contributed by atoms with Crippen LogP contribution < -0.4 is 5.73 Å². The zero-order valence-corrected chi connectivity index (χ0v) is 10.0. The molecule has 0 radical (unpaired) electrons. The Kier molecular flexibility index (Phi) is 4.46. The van der Waals surface area contributed by atoms with Crippen molar-refractivity contribution in [1.29, 1.82) is 0 Å². The van der Waals surface area contributed by atoms with Crippen molar-refractivity contribution >= 4 is 23.4 Å². The highest BCUT2D eigenvalue weighted by Crippen LogP contribution is 2.36. The second-order valence-corrected chi connectivity index (χ2v) is 4.60. The molecule has 7 heteroatoms. The maximum Gasteiger partial charge on any atom is 0.416 e. The second kappa shape index (κ2) is 5.25. The molecule has 1 rings (SSSR count). The first-order valence-corrected chi connectivity index (χ1v) is 5.88. The number of rotatable bonds is 3. The van der Waals surface area contributed by atoms with Gasteiger partial charge >= 0.3 is 6.18 Å². The molecule has 1 aromatic rings. The zero-order valence-electron chi connectivity index (χ0n) is 8.44. The quantitative estimate of drug-likeness (QED) is 0.677. The molecular formula is C9H10ClF3N2S. The van der Waals surface area contributed by atoms with Crippen LogP contribution in [0.1, 0.15) is 16.8 Å². The Bertz CT molecular complexity index is 382. The fourth-order valence-electron chi connectivity index (χ4n) is 1.29. The number of hydrogen-bond donors (Lipinski definition) is 1. The number of halogens is 4. The molecule has 16 heavy (non-hydrogen) atoms. The van der Waals surface area contributed by atoms with Gasteiger partial charge in [0.1, 0.15) is 5.03 Å². The zero-order chi connectivity index (χ0) is 12.3. The summed E-state index contributed by atoms with van der Waals surface area (Å²) in [6.45, 7) is 1.30. The Hall–Kier alpha value is -0.460. The molecule has 0 fully saturated rings. The third-order valence-corrected chi connectivity index (χ3v) is 2.96. The van der Waals surface area contributed by atoms with Crippen LogP contribution >= 0.6 is 23.4 Å². The summed E-state index contributed by atoms with van der Waals surface area (Å²) < 4.78 is 38.1. The number of hydrogen-bond acceptors (Lipinski definition) is 3. The van der Waals surface area contributed by atoms with Crippen molar-refractivity contribution in [3.63, 3.8) is 0 Å². The normalized spacial score (nSPS) is 11.9. The minimum absolute atomic E-state index is 0.00347. The molecule has 0 amide bonds. The predicted octanol–water partition coefficient (Wildman–Crippen LogP) is 3.16. The molecule has 0 bridgehead atoms. The van der Waals surface area contributed by atoms with Crippen LogP contribution in [-0.4, -0.2) is 10.2 Å². The molecule has 0 saturated heterocycles. The van der Waals surface area contributed by atoms with Crippen LogP contribution in [0.25, 0.3) is 0 Å². The van der Waals surface area contributed by atoms with Gasteiger partial charge in [-0.3, -0.25) is 0 Å². The summed E-state index contributed by atoms with van der Waals surface area (Å²) in [6, 6.07) is 1.00. The second-order valence-electron chi connectivity index (χ2n) is 3.05. The molecule has 0 unspecified atom stereocenters. The van der Waals surface area contributed by atoms with Crippen molar-refractivity contribution in [3.8, 4) is 0 Å². The Labute approximate surface area is 100 Å². The van der Waals surface area contributed by atoms with Crippen LogP contribution in [0.4, 0.5) is 13.2 Å². The number of aromatic nitrogens is 1. The lowest BCUT2D eigenvalue weighted by atomic mass is 10.1. The lowest BCUT2D eigenvalue weighted by molar-refractivity contribution is -0.138. The van der Waals surface area contributed by atoms with E-state index in [1.54, 1.807) is 0 Å². The Morgan fingerprint density at radius 1 is 1.50 bits per heavy atom. The van der Waals surface area contributed by atoms with Gasteiger partial charge in [-0.15, -0.1) is 11.6 Å². The van der Waals surface area contributed by atoms with Crippen LogP contribution in [0.15, 0.2) is 11.1 Å². The number of nitrogens with zero attached hydrogens (tertiary/aromatic N) is 1. The molecule has 0 aliphatic rings. The lowest BCUT2D eigenvalue weighted by Crippen LogP contribution is -2.14. The fourth-order valence-corrected chi connectivity index (χ4v) is 2.28. The van der Waals surface area contributed by atoms with Crippen molar-refractivity contribution in [1.82, 2.24) is 4.98 Å². The summed E-state index contributed by atoms with van der Waals surface area (Å²) >= 11 is 6.53. The Balaban J connectivity index is 3.36. The average molecular weight is 271 g/mol. The largest absolute Gasteiger partial charge is 0.416 e. The van der Waals surface area contributed by atoms with Gasteiger partial charge in [0.05, 0.1) is 10.8 Å². The topological polar surface area (TPSA) is 38.9 Å². The predicted molar refractivity (Wildman–Crippen MR) is 58.4 cm³/mol. The van der Waals surface area contributed by atoms with Gasteiger partial charge < -0.3 is 5.73 Å². The average Bonchev–Trinajstić information content (AvgIpc) is 2.16. The molecule has 2 nitrogen and oxygen atoms in total. The summed E-state index contributed by atoms with van der Waals surface area (Å²) in [5, 5.41) is 0.394. The van der Waals surface area contributed by atoms with Crippen LogP contribution in [0.5, 0.6) is 0 Å². The van der Waals surface area contributed by atoms with Gasteiger partial charge in [-0.05, 0) is 13.0 Å². The van der Waals surface area contributed by atoms with Crippen LogP contribution in [0.2, 0.25) is 0 Å². The third kappa shape index (κ3) is 3.02. The first kappa shape index (κ1) is 13.6. The van der Waals surface area contributed by atoms with Crippen molar-refractivity contribution < 1.29 is 13.2 Å². The van der Waals surface area contributed by atoms with Crippen LogP contribution in [0, 0.1) is 6.92 Å². The van der Waals surface area contributed by atoms with Crippen molar-refractivity contribution in [2.75, 3.05) is 5.21 Å². The van der Waals surface area contributed by atoms with E-state index in [1.807, 2.05) is 0 Å². The van der Waals surface area contributed by atoms with E-state index in [-0.39, 0.29) is 22.3 Å². The van der Waals surface area contributed by atoms with E-state index in [1.165, 1.54) is 6.92 Å².